The molecule has 1 aromatic heterocycles. The van der Waals surface area contributed by atoms with Crippen LogP contribution in [0, 0.1) is 20.8 Å². The standard InChI is InChI=1S/C17H26N2O3S/c1-11-12(2)17(23-13(11)3)18-16(20)10-19-6-8-22-15(9-19)14-5-4-7-21-14/h14-15H,4-10H2,1-3H3,(H,18,20)/t14-,15+/m0/s1. The van der Waals surface area contributed by atoms with Crippen molar-refractivity contribution >= 4 is 22.2 Å². The Kier molecular flexibility index (Phi) is 5.36. The van der Waals surface area contributed by atoms with Gasteiger partial charge in [-0.25, -0.2) is 0 Å². The summed E-state index contributed by atoms with van der Waals surface area (Å²) in [6.07, 6.45) is 2.48. The number of nitrogens with zero attached hydrogens (tertiary/aromatic N) is 1. The lowest BCUT2D eigenvalue weighted by molar-refractivity contribution is -0.123. The Morgan fingerprint density at radius 1 is 1.22 bits per heavy atom. The quantitative estimate of drug-likeness (QED) is 0.916. The summed E-state index contributed by atoms with van der Waals surface area (Å²) in [7, 11) is 0. The van der Waals surface area contributed by atoms with Crippen LogP contribution in [0.15, 0.2) is 0 Å². The summed E-state index contributed by atoms with van der Waals surface area (Å²) in [4.78, 5) is 15.8. The first kappa shape index (κ1) is 16.9. The van der Waals surface area contributed by atoms with Gasteiger partial charge in [-0.2, -0.15) is 0 Å². The van der Waals surface area contributed by atoms with Crippen molar-refractivity contribution in [2.24, 2.45) is 0 Å². The summed E-state index contributed by atoms with van der Waals surface area (Å²) in [6.45, 7) is 9.77. The Labute approximate surface area is 142 Å². The number of hydrogen-bond donors (Lipinski definition) is 1. The fraction of sp³-hybridized carbons (Fsp3) is 0.706. The monoisotopic (exact) mass is 338 g/mol. The predicted molar refractivity (Wildman–Crippen MR) is 92.3 cm³/mol. The zero-order valence-electron chi connectivity index (χ0n) is 14.2. The van der Waals surface area contributed by atoms with E-state index in [4.69, 9.17) is 9.47 Å². The maximum absolute atomic E-state index is 12.4. The molecule has 2 fully saturated rings. The Hall–Kier alpha value is -0.950. The number of carbonyl (C=O) groups is 1. The fourth-order valence-corrected chi connectivity index (χ4v) is 4.31. The maximum Gasteiger partial charge on any atom is 0.239 e. The van der Waals surface area contributed by atoms with Crippen LogP contribution in [0.3, 0.4) is 0 Å². The van der Waals surface area contributed by atoms with E-state index in [9.17, 15) is 4.79 Å². The minimum absolute atomic E-state index is 0.0577. The molecule has 1 amide bonds. The maximum atomic E-state index is 12.4. The molecule has 2 saturated heterocycles. The zero-order valence-corrected chi connectivity index (χ0v) is 15.0. The lowest BCUT2D eigenvalue weighted by Gasteiger charge is -2.34. The van der Waals surface area contributed by atoms with Gasteiger partial charge >= 0.3 is 0 Å². The molecule has 3 rings (SSSR count). The smallest absolute Gasteiger partial charge is 0.239 e. The van der Waals surface area contributed by atoms with Gasteiger partial charge in [-0.3, -0.25) is 9.69 Å². The van der Waals surface area contributed by atoms with Gasteiger partial charge in [0, 0.05) is 24.6 Å². The van der Waals surface area contributed by atoms with Crippen LogP contribution in [0.25, 0.3) is 0 Å². The Morgan fingerprint density at radius 3 is 2.65 bits per heavy atom. The SMILES string of the molecule is Cc1sc(NC(=O)CN2CCO[C@@H]([C@@H]3CCCO3)C2)c(C)c1C. The van der Waals surface area contributed by atoms with Crippen LogP contribution in [0.4, 0.5) is 5.00 Å². The molecule has 2 aliphatic heterocycles. The van der Waals surface area contributed by atoms with Crippen molar-refractivity contribution in [1.82, 2.24) is 4.90 Å². The average molecular weight is 338 g/mol. The van der Waals surface area contributed by atoms with Gasteiger partial charge in [-0.15, -0.1) is 11.3 Å². The van der Waals surface area contributed by atoms with Crippen molar-refractivity contribution in [3.8, 4) is 0 Å². The largest absolute Gasteiger partial charge is 0.375 e. The van der Waals surface area contributed by atoms with E-state index in [0.717, 1.165) is 37.5 Å². The molecule has 0 aliphatic carbocycles. The van der Waals surface area contributed by atoms with Crippen LogP contribution >= 0.6 is 11.3 Å². The van der Waals surface area contributed by atoms with Gasteiger partial charge in [0.1, 0.15) is 0 Å². The Balaban J connectivity index is 1.53. The van der Waals surface area contributed by atoms with Gasteiger partial charge in [0.25, 0.3) is 0 Å². The second-order valence-corrected chi connectivity index (χ2v) is 7.71. The highest BCUT2D eigenvalue weighted by Gasteiger charge is 2.31. The van der Waals surface area contributed by atoms with Crippen LogP contribution in [0.2, 0.25) is 0 Å². The second kappa shape index (κ2) is 7.30. The minimum Gasteiger partial charge on any atom is -0.375 e. The van der Waals surface area contributed by atoms with Crippen molar-refractivity contribution in [2.45, 2.75) is 45.8 Å². The highest BCUT2D eigenvalue weighted by Crippen LogP contribution is 2.31. The topological polar surface area (TPSA) is 50.8 Å². The lowest BCUT2D eigenvalue weighted by Crippen LogP contribution is -2.49. The van der Waals surface area contributed by atoms with Gasteiger partial charge in [-0.05, 0) is 44.7 Å². The van der Waals surface area contributed by atoms with Gasteiger partial charge in [0.2, 0.25) is 5.91 Å². The number of aryl methyl sites for hydroxylation is 1. The molecule has 0 spiro atoms. The van der Waals surface area contributed by atoms with Gasteiger partial charge < -0.3 is 14.8 Å². The summed E-state index contributed by atoms with van der Waals surface area (Å²) in [6, 6.07) is 0. The van der Waals surface area contributed by atoms with Gasteiger partial charge in [-0.1, -0.05) is 0 Å². The first-order valence-electron chi connectivity index (χ1n) is 8.36. The molecule has 0 bridgehead atoms. The molecule has 2 atom stereocenters. The van der Waals surface area contributed by atoms with E-state index in [-0.39, 0.29) is 18.1 Å². The Bertz CT molecular complexity index is 566. The number of carbonyl (C=O) groups excluding carboxylic acids is 1. The van der Waals surface area contributed by atoms with E-state index in [1.54, 1.807) is 11.3 Å². The number of ether oxygens (including phenoxy) is 2. The van der Waals surface area contributed by atoms with Crippen LogP contribution in [0.1, 0.15) is 28.8 Å². The number of thiophene rings is 1. The molecule has 0 unspecified atom stereocenters. The number of anilines is 1. The fourth-order valence-electron chi connectivity index (χ4n) is 3.22. The van der Waals surface area contributed by atoms with Crippen LogP contribution in [-0.2, 0) is 14.3 Å². The molecule has 3 heterocycles. The third kappa shape index (κ3) is 3.94. The molecule has 23 heavy (non-hydrogen) atoms. The van der Waals surface area contributed by atoms with E-state index in [1.807, 2.05) is 0 Å². The molecular weight excluding hydrogens is 312 g/mol. The van der Waals surface area contributed by atoms with Crippen LogP contribution in [0.5, 0.6) is 0 Å². The third-order valence-electron chi connectivity index (χ3n) is 4.86. The molecular formula is C17H26N2O3S. The number of morpholine rings is 1. The summed E-state index contributed by atoms with van der Waals surface area (Å²) >= 11 is 1.66. The molecule has 1 aromatic rings. The molecule has 0 radical (unpaired) electrons. The van der Waals surface area contributed by atoms with E-state index >= 15 is 0 Å². The van der Waals surface area contributed by atoms with E-state index in [1.165, 1.54) is 16.0 Å². The number of nitrogens with one attached hydrogen (secondary N) is 1. The number of amides is 1. The molecule has 5 nitrogen and oxygen atoms in total. The third-order valence-corrected chi connectivity index (χ3v) is 6.09. The molecule has 6 heteroatoms. The molecule has 0 saturated carbocycles. The molecule has 1 N–H and O–H groups in total. The normalized spacial score (nSPS) is 25.7. The Morgan fingerprint density at radius 2 is 2.00 bits per heavy atom. The van der Waals surface area contributed by atoms with E-state index in [2.05, 4.69) is 31.0 Å². The van der Waals surface area contributed by atoms with Gasteiger partial charge in [0.15, 0.2) is 0 Å². The van der Waals surface area contributed by atoms with Crippen LogP contribution in [-0.4, -0.2) is 55.9 Å². The molecule has 2 aliphatic rings. The summed E-state index contributed by atoms with van der Waals surface area (Å²) in [5, 5.41) is 4.05. The zero-order chi connectivity index (χ0) is 16.4. The highest BCUT2D eigenvalue weighted by atomic mass is 32.1. The molecule has 128 valence electrons. The summed E-state index contributed by atoms with van der Waals surface area (Å²) < 4.78 is 11.6. The van der Waals surface area contributed by atoms with Crippen molar-refractivity contribution in [2.75, 3.05) is 38.2 Å². The van der Waals surface area contributed by atoms with Crippen LogP contribution < -0.4 is 5.32 Å². The number of hydrogen-bond acceptors (Lipinski definition) is 5. The van der Waals surface area contributed by atoms with Crippen molar-refractivity contribution in [3.63, 3.8) is 0 Å². The predicted octanol–water partition coefficient (Wildman–Crippen LogP) is 2.49. The highest BCUT2D eigenvalue weighted by molar-refractivity contribution is 7.16. The summed E-state index contributed by atoms with van der Waals surface area (Å²) in [5.41, 5.74) is 2.45. The van der Waals surface area contributed by atoms with E-state index in [0.29, 0.717) is 13.2 Å². The van der Waals surface area contributed by atoms with E-state index < -0.39 is 0 Å². The lowest BCUT2D eigenvalue weighted by atomic mass is 10.1. The first-order valence-corrected chi connectivity index (χ1v) is 9.18. The average Bonchev–Trinajstić information content (AvgIpc) is 3.14. The number of rotatable bonds is 4. The first-order chi connectivity index (χ1) is 11.0. The van der Waals surface area contributed by atoms with Crippen molar-refractivity contribution in [1.29, 1.82) is 0 Å². The summed E-state index contributed by atoms with van der Waals surface area (Å²) in [5.74, 6) is 0.0577. The minimum atomic E-state index is 0.0577. The van der Waals surface area contributed by atoms with Gasteiger partial charge in [0.05, 0.1) is 30.4 Å². The second-order valence-electron chi connectivity index (χ2n) is 6.48. The van der Waals surface area contributed by atoms with Crippen molar-refractivity contribution < 1.29 is 14.3 Å². The van der Waals surface area contributed by atoms with Crippen molar-refractivity contribution in [3.05, 3.63) is 16.0 Å². The molecule has 0 aromatic carbocycles.